The van der Waals surface area contributed by atoms with Crippen LogP contribution in [0.25, 0.3) is 0 Å². The van der Waals surface area contributed by atoms with Gasteiger partial charge in [0.25, 0.3) is 0 Å². The SMILES string of the molecule is CSCC[C@H](NC(=O)[C@@H](NC(=O)OC(C)(C)C)C(C)C)C(=O)N[C@@H](CC(C)C)[C@@H](O)C[C@@H](C)C(=O)N[C@@H]1c2ccccc2C[C@@H]1O. The summed E-state index contributed by atoms with van der Waals surface area (Å²) < 4.78 is 5.33. The monoisotopic (exact) mass is 664 g/mol. The predicted molar refractivity (Wildman–Crippen MR) is 181 cm³/mol. The van der Waals surface area contributed by atoms with Crippen molar-refractivity contribution in [2.45, 2.75) is 123 Å². The number of nitrogens with one attached hydrogen (secondary N) is 4. The second kappa shape index (κ2) is 17.9. The Morgan fingerprint density at radius 2 is 1.61 bits per heavy atom. The zero-order valence-electron chi connectivity index (χ0n) is 28.9. The van der Waals surface area contributed by atoms with E-state index in [1.54, 1.807) is 41.5 Å². The first-order chi connectivity index (χ1) is 21.4. The summed E-state index contributed by atoms with van der Waals surface area (Å²) in [6.45, 7) is 14.4. The molecular weight excluding hydrogens is 608 g/mol. The third-order valence-electron chi connectivity index (χ3n) is 7.93. The first-order valence-electron chi connectivity index (χ1n) is 16.3. The van der Waals surface area contributed by atoms with E-state index in [1.807, 2.05) is 44.4 Å². The minimum Gasteiger partial charge on any atom is -0.444 e. The number of aliphatic hydroxyl groups is 2. The van der Waals surface area contributed by atoms with Crippen LogP contribution in [0, 0.1) is 17.8 Å². The Balaban J connectivity index is 2.11. The number of hydrogen-bond acceptors (Lipinski definition) is 8. The van der Waals surface area contributed by atoms with Gasteiger partial charge in [-0.15, -0.1) is 0 Å². The lowest BCUT2D eigenvalue weighted by Crippen LogP contribution is -2.58. The molecule has 1 aliphatic rings. The molecule has 4 amide bonds. The number of rotatable bonds is 16. The van der Waals surface area contributed by atoms with Crippen LogP contribution in [0.15, 0.2) is 24.3 Å². The summed E-state index contributed by atoms with van der Waals surface area (Å²) in [5.41, 5.74) is 1.15. The molecule has 0 spiro atoms. The normalized spacial score (nSPS) is 19.4. The summed E-state index contributed by atoms with van der Waals surface area (Å²) in [5.74, 6) is -1.42. The van der Waals surface area contributed by atoms with Crippen molar-refractivity contribution in [3.63, 3.8) is 0 Å². The van der Waals surface area contributed by atoms with Gasteiger partial charge in [0.05, 0.1) is 24.3 Å². The smallest absolute Gasteiger partial charge is 0.408 e. The van der Waals surface area contributed by atoms with Crippen molar-refractivity contribution in [1.82, 2.24) is 21.3 Å². The second-order valence-electron chi connectivity index (χ2n) is 14.1. The zero-order valence-corrected chi connectivity index (χ0v) is 29.7. The lowest BCUT2D eigenvalue weighted by atomic mass is 9.92. The van der Waals surface area contributed by atoms with E-state index in [4.69, 9.17) is 4.74 Å². The van der Waals surface area contributed by atoms with E-state index in [0.717, 1.165) is 11.1 Å². The number of hydrogen-bond donors (Lipinski definition) is 6. The van der Waals surface area contributed by atoms with Crippen LogP contribution in [0.5, 0.6) is 0 Å². The molecule has 6 N–H and O–H groups in total. The fraction of sp³-hybridized carbons (Fsp3) is 0.706. The molecule has 0 saturated heterocycles. The van der Waals surface area contributed by atoms with E-state index in [0.29, 0.717) is 25.0 Å². The van der Waals surface area contributed by atoms with Crippen LogP contribution in [-0.4, -0.2) is 82.0 Å². The van der Waals surface area contributed by atoms with E-state index in [1.165, 1.54) is 11.8 Å². The Kier molecular flexibility index (Phi) is 15.3. The minimum absolute atomic E-state index is 0.0883. The Morgan fingerprint density at radius 3 is 2.20 bits per heavy atom. The summed E-state index contributed by atoms with van der Waals surface area (Å²) in [7, 11) is 0. The van der Waals surface area contributed by atoms with Gasteiger partial charge in [0, 0.05) is 12.3 Å². The molecule has 0 radical (unpaired) electrons. The second-order valence-corrected chi connectivity index (χ2v) is 15.1. The zero-order chi connectivity index (χ0) is 34.8. The summed E-state index contributed by atoms with van der Waals surface area (Å²) in [6, 6.07) is 4.58. The number of amides is 4. The fourth-order valence-corrected chi connectivity index (χ4v) is 5.99. The minimum atomic E-state index is -1.04. The van der Waals surface area contributed by atoms with Crippen molar-refractivity contribution in [1.29, 1.82) is 0 Å². The van der Waals surface area contributed by atoms with Crippen LogP contribution in [0.1, 0.15) is 91.8 Å². The van der Waals surface area contributed by atoms with Crippen LogP contribution >= 0.6 is 11.8 Å². The van der Waals surface area contributed by atoms with Gasteiger partial charge in [0.2, 0.25) is 17.7 Å². The van der Waals surface area contributed by atoms with Gasteiger partial charge in [-0.25, -0.2) is 4.79 Å². The van der Waals surface area contributed by atoms with E-state index in [9.17, 15) is 29.4 Å². The highest BCUT2D eigenvalue weighted by Gasteiger charge is 2.35. The van der Waals surface area contributed by atoms with Crippen LogP contribution in [-0.2, 0) is 25.5 Å². The third-order valence-corrected chi connectivity index (χ3v) is 8.57. The van der Waals surface area contributed by atoms with Gasteiger partial charge in [-0.1, -0.05) is 58.9 Å². The number of alkyl carbamates (subject to hydrolysis) is 1. The summed E-state index contributed by atoms with van der Waals surface area (Å²) in [6.07, 6.45) is 0.749. The van der Waals surface area contributed by atoms with E-state index in [-0.39, 0.29) is 24.2 Å². The number of benzene rings is 1. The predicted octanol–water partition coefficient (Wildman–Crippen LogP) is 3.47. The average molecular weight is 665 g/mol. The number of aliphatic hydroxyl groups excluding tert-OH is 2. The molecule has 7 atom stereocenters. The number of thioether (sulfide) groups is 1. The topological polar surface area (TPSA) is 166 Å². The molecule has 1 aliphatic carbocycles. The molecule has 1 aromatic carbocycles. The molecule has 11 nitrogen and oxygen atoms in total. The lowest BCUT2D eigenvalue weighted by molar-refractivity contribution is -0.131. The van der Waals surface area contributed by atoms with Crippen LogP contribution in [0.2, 0.25) is 0 Å². The first kappa shape index (κ1) is 39.3. The molecule has 0 fully saturated rings. The van der Waals surface area contributed by atoms with Crippen molar-refractivity contribution in [2.24, 2.45) is 17.8 Å². The van der Waals surface area contributed by atoms with E-state index < -0.39 is 65.8 Å². The Morgan fingerprint density at radius 1 is 0.957 bits per heavy atom. The van der Waals surface area contributed by atoms with Crippen molar-refractivity contribution in [3.05, 3.63) is 35.4 Å². The molecule has 260 valence electrons. The highest BCUT2D eigenvalue weighted by molar-refractivity contribution is 7.98. The maximum Gasteiger partial charge on any atom is 0.408 e. The van der Waals surface area contributed by atoms with Gasteiger partial charge in [-0.3, -0.25) is 14.4 Å². The van der Waals surface area contributed by atoms with Gasteiger partial charge < -0.3 is 36.2 Å². The maximum atomic E-state index is 13.6. The molecule has 0 heterocycles. The molecule has 12 heteroatoms. The summed E-state index contributed by atoms with van der Waals surface area (Å²) >= 11 is 1.53. The molecular formula is C34H56N4O7S. The van der Waals surface area contributed by atoms with Crippen molar-refractivity contribution in [3.8, 4) is 0 Å². The van der Waals surface area contributed by atoms with Crippen LogP contribution in [0.3, 0.4) is 0 Å². The molecule has 0 saturated carbocycles. The highest BCUT2D eigenvalue weighted by Crippen LogP contribution is 2.31. The summed E-state index contributed by atoms with van der Waals surface area (Å²) in [4.78, 5) is 52.6. The molecule has 1 aromatic rings. The van der Waals surface area contributed by atoms with Crippen LogP contribution in [0.4, 0.5) is 4.79 Å². The highest BCUT2D eigenvalue weighted by atomic mass is 32.2. The summed E-state index contributed by atoms with van der Waals surface area (Å²) in [5, 5.41) is 33.2. The standard InChI is InChI=1S/C34H56N4O7S/c1-19(2)16-25(26(39)17-21(5)30(41)37-29-23-13-11-10-12-22(23)18-27(29)40)36-31(42)24(14-15-46-9)35-32(43)28(20(3)4)38-33(44)45-34(6,7)8/h10-13,19-21,24-29,39-40H,14-18H2,1-9H3,(H,35,43)(H,36,42)(H,37,41)(H,38,44)/t21-,24+,25+,26+,27+,28+,29-/m1/s1. The fourth-order valence-electron chi connectivity index (χ4n) is 5.52. The molecule has 2 rings (SSSR count). The van der Waals surface area contributed by atoms with E-state index in [2.05, 4.69) is 21.3 Å². The average Bonchev–Trinajstić information content (AvgIpc) is 3.26. The van der Waals surface area contributed by atoms with Crippen LogP contribution < -0.4 is 21.3 Å². The Labute approximate surface area is 278 Å². The first-order valence-corrected chi connectivity index (χ1v) is 17.7. The van der Waals surface area contributed by atoms with Crippen molar-refractivity contribution >= 4 is 35.6 Å². The quantitative estimate of drug-likeness (QED) is 0.156. The number of ether oxygens (including phenoxy) is 1. The van der Waals surface area contributed by atoms with Gasteiger partial charge >= 0.3 is 6.09 Å². The Hall–Kier alpha value is -2.83. The van der Waals surface area contributed by atoms with Crippen molar-refractivity contribution < 1.29 is 34.1 Å². The molecule has 46 heavy (non-hydrogen) atoms. The molecule has 0 aromatic heterocycles. The van der Waals surface area contributed by atoms with Gasteiger partial charge in [0.15, 0.2) is 0 Å². The van der Waals surface area contributed by atoms with Gasteiger partial charge in [-0.2, -0.15) is 11.8 Å². The molecule has 0 bridgehead atoms. The third kappa shape index (κ3) is 12.4. The van der Waals surface area contributed by atoms with Gasteiger partial charge in [-0.05, 0) is 75.0 Å². The largest absolute Gasteiger partial charge is 0.444 e. The van der Waals surface area contributed by atoms with Gasteiger partial charge in [0.1, 0.15) is 17.7 Å². The Bertz CT molecular complexity index is 1170. The lowest BCUT2D eigenvalue weighted by Gasteiger charge is -2.31. The van der Waals surface area contributed by atoms with Crippen molar-refractivity contribution in [2.75, 3.05) is 12.0 Å². The number of carbonyl (C=O) groups excluding carboxylic acids is 4. The number of carbonyl (C=O) groups is 4. The molecule has 0 aliphatic heterocycles. The maximum absolute atomic E-state index is 13.6. The molecule has 0 unspecified atom stereocenters. The van der Waals surface area contributed by atoms with E-state index >= 15 is 0 Å². The number of fused-ring (bicyclic) bond motifs is 1.